The lowest BCUT2D eigenvalue weighted by Gasteiger charge is -2.42. The highest BCUT2D eigenvalue weighted by atomic mass is 32.1. The minimum absolute atomic E-state index is 0.0156. The van der Waals surface area contributed by atoms with Crippen LogP contribution in [-0.2, 0) is 23.9 Å². The predicted octanol–water partition coefficient (Wildman–Crippen LogP) is 9.22. The topological polar surface area (TPSA) is 205 Å². The molecule has 7 heterocycles. The van der Waals surface area contributed by atoms with Crippen molar-refractivity contribution >= 4 is 62.6 Å². The Labute approximate surface area is 476 Å². The van der Waals surface area contributed by atoms with E-state index in [-0.39, 0.29) is 78.1 Å². The van der Waals surface area contributed by atoms with E-state index < -0.39 is 34.8 Å². The number of piperazine rings is 1. The van der Waals surface area contributed by atoms with Crippen molar-refractivity contribution in [2.45, 2.75) is 130 Å². The van der Waals surface area contributed by atoms with Crippen LogP contribution in [0.1, 0.15) is 104 Å². The minimum atomic E-state index is -0.866. The van der Waals surface area contributed by atoms with E-state index in [1.54, 1.807) is 28.5 Å². The lowest BCUT2D eigenvalue weighted by Crippen LogP contribution is -2.58. The molecular weight excluding hydrogens is 1050 g/mol. The van der Waals surface area contributed by atoms with Crippen LogP contribution in [-0.4, -0.2) is 152 Å². The summed E-state index contributed by atoms with van der Waals surface area (Å²) < 4.78 is 35.2. The van der Waals surface area contributed by atoms with Crippen LogP contribution in [0.25, 0.3) is 43.4 Å². The molecule has 3 N–H and O–H groups in total. The van der Waals surface area contributed by atoms with Crippen LogP contribution in [0.5, 0.6) is 11.8 Å². The average molecular weight is 1130 g/mol. The number of fused-ring (bicyclic) bond motifs is 4. The second-order valence-corrected chi connectivity index (χ2v) is 25.1. The van der Waals surface area contributed by atoms with Gasteiger partial charge in [0.2, 0.25) is 17.7 Å². The van der Waals surface area contributed by atoms with Crippen LogP contribution >= 0.6 is 11.3 Å². The first-order valence-corrected chi connectivity index (χ1v) is 29.2. The highest BCUT2D eigenvalue weighted by molar-refractivity contribution is 7.13. The number of phenolic OH excluding ortho intramolecular Hbond substituents is 1. The van der Waals surface area contributed by atoms with Gasteiger partial charge in [0.05, 0.1) is 46.2 Å². The number of thiazole rings is 1. The summed E-state index contributed by atoms with van der Waals surface area (Å²) >= 11 is 1.59. The van der Waals surface area contributed by atoms with E-state index in [1.807, 2.05) is 114 Å². The molecule has 0 radical (unpaired) electrons. The number of halogens is 1. The number of nitrogens with one attached hydrogen (secondary N) is 2. The fourth-order valence-electron chi connectivity index (χ4n) is 11.9. The van der Waals surface area contributed by atoms with Crippen molar-refractivity contribution in [3.05, 3.63) is 89.4 Å². The van der Waals surface area contributed by atoms with Gasteiger partial charge >= 0.3 is 12.1 Å². The zero-order chi connectivity index (χ0) is 57.3. The van der Waals surface area contributed by atoms with E-state index in [9.17, 15) is 24.3 Å². The number of aromatic nitrogens is 4. The van der Waals surface area contributed by atoms with Crippen molar-refractivity contribution in [2.75, 3.05) is 64.0 Å². The molecule has 5 unspecified atom stereocenters. The Morgan fingerprint density at radius 2 is 1.60 bits per heavy atom. The monoisotopic (exact) mass is 1130 g/mol. The first kappa shape index (κ1) is 57.2. The number of pyridine rings is 1. The van der Waals surface area contributed by atoms with Crippen molar-refractivity contribution in [3.63, 3.8) is 0 Å². The van der Waals surface area contributed by atoms with Crippen LogP contribution in [0, 0.1) is 24.1 Å². The highest BCUT2D eigenvalue weighted by Gasteiger charge is 2.46. The summed E-state index contributed by atoms with van der Waals surface area (Å²) in [5, 5.41) is 18.6. The molecule has 430 valence electrons. The van der Waals surface area contributed by atoms with Gasteiger partial charge in [-0.3, -0.25) is 29.2 Å². The number of anilines is 1. The quantitative estimate of drug-likeness (QED) is 0.0827. The van der Waals surface area contributed by atoms with Gasteiger partial charge < -0.3 is 39.8 Å². The lowest BCUT2D eigenvalue weighted by atomic mass is 9.85. The highest BCUT2D eigenvalue weighted by Crippen LogP contribution is 2.40. The first-order chi connectivity index (χ1) is 38.7. The van der Waals surface area contributed by atoms with Gasteiger partial charge in [-0.2, -0.15) is 9.97 Å². The van der Waals surface area contributed by atoms with Crippen molar-refractivity contribution in [1.82, 2.24) is 45.3 Å². The molecule has 2 bridgehead atoms. The summed E-state index contributed by atoms with van der Waals surface area (Å²) in [6, 6.07) is 16.6. The molecule has 20 heteroatoms. The number of phenols is 1. The number of likely N-dealkylation sites (tertiary alicyclic amines) is 2. The molecule has 0 spiro atoms. The van der Waals surface area contributed by atoms with Crippen LogP contribution in [0.4, 0.5) is 15.0 Å². The van der Waals surface area contributed by atoms with E-state index in [0.29, 0.717) is 62.4 Å². The van der Waals surface area contributed by atoms with Crippen LogP contribution < -0.4 is 20.3 Å². The largest absolute Gasteiger partial charge is 0.508 e. The van der Waals surface area contributed by atoms with Gasteiger partial charge in [0.15, 0.2) is 5.82 Å². The van der Waals surface area contributed by atoms with Crippen molar-refractivity contribution in [2.24, 2.45) is 11.3 Å². The second kappa shape index (κ2) is 23.8. The summed E-state index contributed by atoms with van der Waals surface area (Å²) in [5.74, 6) is -0.888. The van der Waals surface area contributed by atoms with Crippen LogP contribution in [0.3, 0.4) is 0 Å². The molecular formula is C61H75FN10O8S. The average Bonchev–Trinajstić information content (AvgIpc) is 4.08. The van der Waals surface area contributed by atoms with Crippen molar-refractivity contribution in [3.8, 4) is 33.5 Å². The zero-order valence-corrected chi connectivity index (χ0v) is 48.5. The molecule has 10 rings (SSSR count). The van der Waals surface area contributed by atoms with Crippen molar-refractivity contribution in [1.29, 1.82) is 0 Å². The minimum Gasteiger partial charge on any atom is -0.508 e. The van der Waals surface area contributed by atoms with Gasteiger partial charge in [-0.25, -0.2) is 14.2 Å². The van der Waals surface area contributed by atoms with Gasteiger partial charge in [0.1, 0.15) is 53.7 Å². The Morgan fingerprint density at radius 3 is 2.30 bits per heavy atom. The Balaban J connectivity index is 0.729. The number of carbonyl (C=O) groups is 4. The Bertz CT molecular complexity index is 3270. The maximum atomic E-state index is 17.1. The number of hydrogen-bond donors (Lipinski definition) is 3. The number of carbonyl (C=O) groups excluding carboxylic acids is 4. The predicted molar refractivity (Wildman–Crippen MR) is 309 cm³/mol. The molecule has 4 saturated heterocycles. The Morgan fingerprint density at radius 1 is 0.877 bits per heavy atom. The number of aromatic hydroxyl groups is 1. The van der Waals surface area contributed by atoms with Crippen LogP contribution in [0.15, 0.2) is 72.4 Å². The lowest BCUT2D eigenvalue weighted by molar-refractivity contribution is -0.144. The molecule has 0 saturated carbocycles. The Hall–Kier alpha value is -7.03. The van der Waals surface area contributed by atoms with E-state index in [4.69, 9.17) is 19.2 Å². The molecule has 4 aliphatic rings. The summed E-state index contributed by atoms with van der Waals surface area (Å²) in [6.45, 7) is 19.1. The molecule has 3 aromatic carbocycles. The normalized spacial score (nSPS) is 19.7. The van der Waals surface area contributed by atoms with Gasteiger partial charge in [-0.15, -0.1) is 11.3 Å². The van der Waals surface area contributed by atoms with E-state index in [0.717, 1.165) is 71.2 Å². The number of rotatable bonds is 16. The van der Waals surface area contributed by atoms with Gasteiger partial charge in [0.25, 0.3) is 0 Å². The first-order valence-electron chi connectivity index (χ1n) is 28.4. The maximum Gasteiger partial charge on any atom is 0.410 e. The zero-order valence-electron chi connectivity index (χ0n) is 47.7. The number of ether oxygens (including phenoxy) is 3. The number of aryl methyl sites for hydroxylation is 1. The molecule has 4 aliphatic heterocycles. The SMILES string of the molecule is Cc1ncsc1-c1ccc(C(C)NC(=O)C2CCCN2C(=O)C(NC(=O)COCC2CCN(CCOc3nc(N4CC5CCC(C4)N5C(=O)OC(C)(C)C)c4cnc(-c5cc(O)cc6ccccc56)c(F)c4n3)CC2)C(C)(C)C)cc1. The standard InChI is InChI=1S/C61H75FN10O8S/c1-36(39-15-17-40(18-16-39)53-37(2)64-35-81-53)65-56(75)48-14-11-23-71(48)57(76)54(60(3,4)5)66-49(74)34-78-33-38-21-24-69(25-22-38)26-27-79-58-67-52-47(30-63-51(50(52)62)46-29-44(73)28-41-12-9-10-13-45(41)46)55(68-58)70-31-42-19-20-43(32-70)72(42)59(77)80-61(6,7)8/h9-10,12-13,15-18,28-30,35-36,38,42-43,48,54,73H,11,14,19-27,31-34H2,1-8H3,(H,65,75)(H,66,74). The van der Waals surface area contributed by atoms with Crippen LogP contribution in [0.2, 0.25) is 0 Å². The smallest absolute Gasteiger partial charge is 0.410 e. The molecule has 6 aromatic rings. The third kappa shape index (κ3) is 12.9. The number of nitrogens with zero attached hydrogens (tertiary/aromatic N) is 8. The van der Waals surface area contributed by atoms with Gasteiger partial charge in [-0.05, 0) is 132 Å². The summed E-state index contributed by atoms with van der Waals surface area (Å²) in [6.07, 6.45) is 5.71. The molecule has 18 nitrogen and oxygen atoms in total. The van der Waals surface area contributed by atoms with E-state index >= 15 is 4.39 Å². The van der Waals surface area contributed by atoms with Gasteiger partial charge in [0, 0.05) is 37.9 Å². The third-order valence-electron chi connectivity index (χ3n) is 16.1. The molecule has 81 heavy (non-hydrogen) atoms. The van der Waals surface area contributed by atoms with Crippen molar-refractivity contribution < 1.29 is 42.9 Å². The summed E-state index contributed by atoms with van der Waals surface area (Å²) in [7, 11) is 0. The number of amides is 4. The maximum absolute atomic E-state index is 17.1. The summed E-state index contributed by atoms with van der Waals surface area (Å²) in [4.78, 5) is 82.3. The molecule has 3 aromatic heterocycles. The molecule has 5 atom stereocenters. The third-order valence-corrected chi connectivity index (χ3v) is 17.1. The molecule has 4 fully saturated rings. The number of hydrogen-bond acceptors (Lipinski definition) is 15. The fraction of sp³-hybridized carbons (Fsp3) is 0.508. The number of piperidine rings is 1. The fourth-order valence-corrected chi connectivity index (χ4v) is 12.7. The Kier molecular flexibility index (Phi) is 16.8. The molecule has 4 amide bonds. The number of benzene rings is 3. The van der Waals surface area contributed by atoms with E-state index in [2.05, 4.69) is 35.4 Å². The van der Waals surface area contributed by atoms with Gasteiger partial charge in [-0.1, -0.05) is 69.3 Å². The second-order valence-electron chi connectivity index (χ2n) is 24.2. The van der Waals surface area contributed by atoms with E-state index in [1.165, 1.54) is 6.07 Å². The molecule has 0 aliphatic carbocycles. The summed E-state index contributed by atoms with van der Waals surface area (Å²) in [5.41, 5.74) is 4.07.